The molecule has 0 saturated heterocycles. The molecule has 0 spiro atoms. The molecule has 3 rings (SSSR count). The molecule has 0 aliphatic carbocycles. The van der Waals surface area contributed by atoms with Crippen LogP contribution >= 0.6 is 0 Å². The van der Waals surface area contributed by atoms with Crippen molar-refractivity contribution in [3.05, 3.63) is 90.0 Å². The van der Waals surface area contributed by atoms with Crippen LogP contribution in [0.15, 0.2) is 72.8 Å². The first-order valence-corrected chi connectivity index (χ1v) is 9.04. The molecule has 3 aromatic rings. The van der Waals surface area contributed by atoms with Crippen molar-refractivity contribution in [3.8, 4) is 11.5 Å². The van der Waals surface area contributed by atoms with Crippen molar-refractivity contribution in [3.63, 3.8) is 0 Å². The van der Waals surface area contributed by atoms with Crippen LogP contribution in [0.3, 0.4) is 0 Å². The zero-order valence-corrected chi connectivity index (χ0v) is 15.8. The highest BCUT2D eigenvalue weighted by molar-refractivity contribution is 5.91. The van der Waals surface area contributed by atoms with E-state index in [-0.39, 0.29) is 12.1 Å². The molecule has 154 valence electrons. The van der Waals surface area contributed by atoms with E-state index in [1.54, 1.807) is 36.4 Å². The van der Waals surface area contributed by atoms with Crippen LogP contribution < -0.4 is 21.1 Å². The zero-order chi connectivity index (χ0) is 21.5. The van der Waals surface area contributed by atoms with Crippen molar-refractivity contribution < 1.29 is 23.1 Å². The van der Waals surface area contributed by atoms with Crippen LogP contribution in [-0.4, -0.2) is 11.9 Å². The van der Waals surface area contributed by atoms with Gasteiger partial charge in [-0.1, -0.05) is 30.3 Å². The van der Waals surface area contributed by atoms with Crippen molar-refractivity contribution in [2.75, 3.05) is 5.32 Å². The molecule has 0 aliphatic heterocycles. The Labute approximate surface area is 171 Å². The van der Waals surface area contributed by atoms with E-state index >= 15 is 0 Å². The third kappa shape index (κ3) is 5.78. The second-order valence-electron chi connectivity index (χ2n) is 6.43. The number of carbonyl (C=O) groups excluding carboxylic acids is 2. The van der Waals surface area contributed by atoms with Gasteiger partial charge in [0, 0.05) is 6.07 Å². The Kier molecular flexibility index (Phi) is 6.59. The summed E-state index contributed by atoms with van der Waals surface area (Å²) in [5.74, 6) is -1.12. The zero-order valence-electron chi connectivity index (χ0n) is 15.8. The monoisotopic (exact) mass is 411 g/mol. The van der Waals surface area contributed by atoms with Gasteiger partial charge in [0.25, 0.3) is 0 Å². The Hall–Kier alpha value is -3.94. The number of anilines is 1. The highest BCUT2D eigenvalue weighted by Crippen LogP contribution is 2.26. The molecule has 8 heteroatoms. The number of hydrogen-bond acceptors (Lipinski definition) is 3. The summed E-state index contributed by atoms with van der Waals surface area (Å²) in [5.41, 5.74) is 5.65. The lowest BCUT2D eigenvalue weighted by atomic mass is 10.0. The minimum Gasteiger partial charge on any atom is -0.457 e. The Morgan fingerprint density at radius 1 is 0.933 bits per heavy atom. The lowest BCUT2D eigenvalue weighted by Crippen LogP contribution is -2.35. The average Bonchev–Trinajstić information content (AvgIpc) is 2.70. The van der Waals surface area contributed by atoms with Crippen molar-refractivity contribution >= 4 is 17.6 Å². The number of para-hydroxylation sites is 1. The van der Waals surface area contributed by atoms with E-state index in [1.807, 2.05) is 18.2 Å². The maximum Gasteiger partial charge on any atom is 0.312 e. The van der Waals surface area contributed by atoms with Crippen LogP contribution in [0.2, 0.25) is 0 Å². The Bertz CT molecular complexity index is 1040. The summed E-state index contributed by atoms with van der Waals surface area (Å²) in [6.45, 7) is 0. The largest absolute Gasteiger partial charge is 0.457 e. The third-order valence-corrected chi connectivity index (χ3v) is 4.15. The van der Waals surface area contributed by atoms with Crippen LogP contribution in [0, 0.1) is 11.6 Å². The van der Waals surface area contributed by atoms with Crippen LogP contribution in [0.25, 0.3) is 0 Å². The fourth-order valence-corrected chi connectivity index (χ4v) is 2.82. The summed E-state index contributed by atoms with van der Waals surface area (Å²) in [5, 5.41) is 4.86. The second kappa shape index (κ2) is 9.51. The lowest BCUT2D eigenvalue weighted by Gasteiger charge is -2.19. The van der Waals surface area contributed by atoms with Crippen molar-refractivity contribution in [2.45, 2.75) is 12.5 Å². The van der Waals surface area contributed by atoms with Gasteiger partial charge in [-0.15, -0.1) is 0 Å². The quantitative estimate of drug-likeness (QED) is 0.535. The third-order valence-electron chi connectivity index (χ3n) is 4.15. The number of halogens is 2. The molecule has 3 aromatic carbocycles. The molecule has 0 aliphatic rings. The lowest BCUT2D eigenvalue weighted by molar-refractivity contribution is -0.116. The first-order chi connectivity index (χ1) is 14.4. The number of carbonyl (C=O) groups is 2. The molecule has 0 unspecified atom stereocenters. The van der Waals surface area contributed by atoms with Gasteiger partial charge in [0.15, 0.2) is 0 Å². The number of hydrogen-bond donors (Lipinski definition) is 3. The molecular weight excluding hydrogens is 392 g/mol. The maximum atomic E-state index is 13.8. The molecule has 4 N–H and O–H groups in total. The van der Waals surface area contributed by atoms with Gasteiger partial charge >= 0.3 is 6.03 Å². The Morgan fingerprint density at radius 3 is 2.37 bits per heavy atom. The molecule has 30 heavy (non-hydrogen) atoms. The molecule has 0 saturated carbocycles. The van der Waals surface area contributed by atoms with Gasteiger partial charge in [0.1, 0.15) is 23.1 Å². The van der Waals surface area contributed by atoms with Gasteiger partial charge in [0.05, 0.1) is 18.2 Å². The number of urea groups is 1. The second-order valence-corrected chi connectivity index (χ2v) is 6.43. The van der Waals surface area contributed by atoms with E-state index in [4.69, 9.17) is 10.5 Å². The van der Waals surface area contributed by atoms with Gasteiger partial charge < -0.3 is 21.1 Å². The van der Waals surface area contributed by atoms with E-state index in [0.717, 1.165) is 12.1 Å². The average molecular weight is 411 g/mol. The topological polar surface area (TPSA) is 93.5 Å². The molecule has 0 heterocycles. The highest BCUT2D eigenvalue weighted by atomic mass is 19.1. The molecule has 0 bridgehead atoms. The standard InChI is InChI=1S/C22H19F2N3O3/c23-15-9-10-19(18(24)12-15)26-21(28)13-20(27-22(25)29)14-5-4-8-17(11-14)30-16-6-2-1-3-7-16/h1-12,20H,13H2,(H,26,28)(H3,25,27,29)/t20-/m1/s1. The van der Waals surface area contributed by atoms with Gasteiger partial charge in [-0.05, 0) is 42.0 Å². The van der Waals surface area contributed by atoms with Gasteiger partial charge in [-0.2, -0.15) is 0 Å². The number of rotatable bonds is 7. The van der Waals surface area contributed by atoms with Gasteiger partial charge in [-0.3, -0.25) is 4.79 Å². The van der Waals surface area contributed by atoms with E-state index in [0.29, 0.717) is 23.1 Å². The Balaban J connectivity index is 1.76. The van der Waals surface area contributed by atoms with Crippen LogP contribution in [-0.2, 0) is 4.79 Å². The summed E-state index contributed by atoms with van der Waals surface area (Å²) >= 11 is 0. The minimum absolute atomic E-state index is 0.166. The molecule has 0 aromatic heterocycles. The molecule has 3 amide bonds. The predicted octanol–water partition coefficient (Wildman–Crippen LogP) is 4.50. The fraction of sp³-hybridized carbons (Fsp3) is 0.0909. The van der Waals surface area contributed by atoms with E-state index in [9.17, 15) is 18.4 Å². The summed E-state index contributed by atoms with van der Waals surface area (Å²) in [7, 11) is 0. The summed E-state index contributed by atoms with van der Waals surface area (Å²) in [6, 6.07) is 17.1. The SMILES string of the molecule is NC(=O)N[C@H](CC(=O)Nc1ccc(F)cc1F)c1cccc(Oc2ccccc2)c1. The minimum atomic E-state index is -0.902. The number of nitrogens with two attached hydrogens (primary N) is 1. The molecule has 6 nitrogen and oxygen atoms in total. The predicted molar refractivity (Wildman–Crippen MR) is 108 cm³/mol. The normalized spacial score (nSPS) is 11.4. The Morgan fingerprint density at radius 2 is 1.67 bits per heavy atom. The van der Waals surface area contributed by atoms with E-state index < -0.39 is 29.6 Å². The highest BCUT2D eigenvalue weighted by Gasteiger charge is 2.19. The molecular formula is C22H19F2N3O3. The summed E-state index contributed by atoms with van der Waals surface area (Å²) < 4.78 is 32.6. The first-order valence-electron chi connectivity index (χ1n) is 9.04. The van der Waals surface area contributed by atoms with Crippen LogP contribution in [0.5, 0.6) is 11.5 Å². The van der Waals surface area contributed by atoms with Crippen molar-refractivity contribution in [1.82, 2.24) is 5.32 Å². The summed E-state index contributed by atoms with van der Waals surface area (Å²) in [6.07, 6.45) is -0.228. The smallest absolute Gasteiger partial charge is 0.312 e. The fourth-order valence-electron chi connectivity index (χ4n) is 2.82. The number of benzene rings is 3. The number of ether oxygens (including phenoxy) is 1. The van der Waals surface area contributed by atoms with Gasteiger partial charge in [-0.25, -0.2) is 13.6 Å². The number of amides is 3. The van der Waals surface area contributed by atoms with E-state index in [1.165, 1.54) is 0 Å². The van der Waals surface area contributed by atoms with Gasteiger partial charge in [0.2, 0.25) is 5.91 Å². The van der Waals surface area contributed by atoms with E-state index in [2.05, 4.69) is 10.6 Å². The first kappa shape index (κ1) is 20.8. The summed E-state index contributed by atoms with van der Waals surface area (Å²) in [4.78, 5) is 23.8. The molecule has 0 radical (unpaired) electrons. The van der Waals surface area contributed by atoms with Crippen molar-refractivity contribution in [2.24, 2.45) is 5.73 Å². The number of nitrogens with one attached hydrogen (secondary N) is 2. The van der Waals surface area contributed by atoms with Crippen molar-refractivity contribution in [1.29, 1.82) is 0 Å². The molecule has 0 fully saturated rings. The molecule has 1 atom stereocenters. The number of primary amides is 1. The van der Waals surface area contributed by atoms with Crippen LogP contribution in [0.4, 0.5) is 19.3 Å². The maximum absolute atomic E-state index is 13.8. The van der Waals surface area contributed by atoms with Crippen LogP contribution in [0.1, 0.15) is 18.0 Å².